The molecule has 0 saturated heterocycles. The SMILES string of the molecule is CSc1ccccc1C(=O)c1cc(C)cc(C)c1. The minimum atomic E-state index is 0.103. The summed E-state index contributed by atoms with van der Waals surface area (Å²) in [6.45, 7) is 4.04. The second-order valence-corrected chi connectivity index (χ2v) is 5.25. The van der Waals surface area contributed by atoms with Gasteiger partial charge < -0.3 is 0 Å². The zero-order valence-corrected chi connectivity index (χ0v) is 11.7. The summed E-state index contributed by atoms with van der Waals surface area (Å²) in [4.78, 5) is 13.5. The van der Waals surface area contributed by atoms with E-state index in [9.17, 15) is 4.79 Å². The van der Waals surface area contributed by atoms with Gasteiger partial charge in [-0.05, 0) is 44.4 Å². The van der Waals surface area contributed by atoms with Crippen molar-refractivity contribution in [2.24, 2.45) is 0 Å². The van der Waals surface area contributed by atoms with E-state index in [0.29, 0.717) is 0 Å². The van der Waals surface area contributed by atoms with Gasteiger partial charge in [0.05, 0.1) is 0 Å². The Kier molecular flexibility index (Phi) is 3.87. The molecule has 1 nitrogen and oxygen atoms in total. The predicted molar refractivity (Wildman–Crippen MR) is 77.6 cm³/mol. The number of aryl methyl sites for hydroxylation is 2. The molecule has 0 amide bonds. The molecule has 18 heavy (non-hydrogen) atoms. The van der Waals surface area contributed by atoms with Crippen LogP contribution in [-0.2, 0) is 0 Å². The first-order valence-corrected chi connectivity index (χ1v) is 7.10. The third-order valence-corrected chi connectivity index (χ3v) is 3.63. The second-order valence-electron chi connectivity index (χ2n) is 4.41. The molecule has 0 fully saturated rings. The lowest BCUT2D eigenvalue weighted by molar-refractivity contribution is 0.103. The minimum absolute atomic E-state index is 0.103. The lowest BCUT2D eigenvalue weighted by atomic mass is 9.99. The van der Waals surface area contributed by atoms with E-state index in [1.807, 2.05) is 56.5 Å². The van der Waals surface area contributed by atoms with Crippen LogP contribution in [0.2, 0.25) is 0 Å². The number of benzene rings is 2. The van der Waals surface area contributed by atoms with Gasteiger partial charge in [0, 0.05) is 16.0 Å². The molecule has 0 N–H and O–H groups in total. The van der Waals surface area contributed by atoms with Crippen LogP contribution >= 0.6 is 11.8 Å². The fraction of sp³-hybridized carbons (Fsp3) is 0.188. The van der Waals surface area contributed by atoms with Gasteiger partial charge in [-0.2, -0.15) is 0 Å². The predicted octanol–water partition coefficient (Wildman–Crippen LogP) is 4.26. The van der Waals surface area contributed by atoms with E-state index in [1.54, 1.807) is 11.8 Å². The molecule has 92 valence electrons. The second kappa shape index (κ2) is 5.40. The summed E-state index contributed by atoms with van der Waals surface area (Å²) in [5.74, 6) is 0.103. The summed E-state index contributed by atoms with van der Waals surface area (Å²) < 4.78 is 0. The molecule has 0 radical (unpaired) electrons. The number of ketones is 1. The summed E-state index contributed by atoms with van der Waals surface area (Å²) >= 11 is 1.61. The van der Waals surface area contributed by atoms with E-state index in [1.165, 1.54) is 0 Å². The molecule has 0 heterocycles. The molecule has 0 atom stereocenters. The third-order valence-electron chi connectivity index (χ3n) is 2.84. The van der Waals surface area contributed by atoms with Crippen molar-refractivity contribution >= 4 is 17.5 Å². The van der Waals surface area contributed by atoms with E-state index in [-0.39, 0.29) is 5.78 Å². The molecule has 0 aliphatic rings. The van der Waals surface area contributed by atoms with Gasteiger partial charge in [0.1, 0.15) is 0 Å². The van der Waals surface area contributed by atoms with Crippen LogP contribution in [0.5, 0.6) is 0 Å². The quantitative estimate of drug-likeness (QED) is 0.603. The van der Waals surface area contributed by atoms with Gasteiger partial charge in [-0.3, -0.25) is 4.79 Å². The summed E-state index contributed by atoms with van der Waals surface area (Å²) in [5.41, 5.74) is 3.81. The van der Waals surface area contributed by atoms with Gasteiger partial charge in [0.2, 0.25) is 0 Å². The lowest BCUT2D eigenvalue weighted by Gasteiger charge is -2.08. The monoisotopic (exact) mass is 256 g/mol. The fourth-order valence-corrected chi connectivity index (χ4v) is 2.69. The lowest BCUT2D eigenvalue weighted by Crippen LogP contribution is -2.03. The van der Waals surface area contributed by atoms with Gasteiger partial charge in [0.25, 0.3) is 0 Å². The van der Waals surface area contributed by atoms with Gasteiger partial charge >= 0.3 is 0 Å². The Morgan fingerprint density at radius 3 is 2.22 bits per heavy atom. The number of rotatable bonds is 3. The van der Waals surface area contributed by atoms with Crippen LogP contribution in [0.4, 0.5) is 0 Å². The molecule has 0 aromatic heterocycles. The van der Waals surface area contributed by atoms with Crippen molar-refractivity contribution in [3.63, 3.8) is 0 Å². The topological polar surface area (TPSA) is 17.1 Å². The molecule has 0 spiro atoms. The maximum Gasteiger partial charge on any atom is 0.194 e. The number of thioether (sulfide) groups is 1. The Hall–Kier alpha value is -1.54. The highest BCUT2D eigenvalue weighted by Crippen LogP contribution is 2.23. The summed E-state index contributed by atoms with van der Waals surface area (Å²) in [7, 11) is 0. The Bertz CT molecular complexity index is 567. The van der Waals surface area contributed by atoms with Gasteiger partial charge in [-0.15, -0.1) is 11.8 Å². The molecular weight excluding hydrogens is 240 g/mol. The number of carbonyl (C=O) groups excluding carboxylic acids is 1. The Labute approximate surface area is 112 Å². The molecule has 2 aromatic carbocycles. The Balaban J connectivity index is 2.47. The normalized spacial score (nSPS) is 10.4. The van der Waals surface area contributed by atoms with Crippen molar-refractivity contribution in [3.8, 4) is 0 Å². The molecule has 0 aliphatic heterocycles. The Morgan fingerprint density at radius 2 is 1.61 bits per heavy atom. The highest BCUT2D eigenvalue weighted by molar-refractivity contribution is 7.98. The van der Waals surface area contributed by atoms with Crippen LogP contribution in [0, 0.1) is 13.8 Å². The standard InChI is InChI=1S/C16H16OS/c1-11-8-12(2)10-13(9-11)16(17)14-6-4-5-7-15(14)18-3/h4-10H,1-3H3. The summed E-state index contributed by atoms with van der Waals surface area (Å²) in [6, 6.07) is 13.7. The largest absolute Gasteiger partial charge is 0.289 e. The van der Waals surface area contributed by atoms with Crippen LogP contribution in [0.3, 0.4) is 0 Å². The first kappa shape index (κ1) is 12.9. The van der Waals surface area contributed by atoms with E-state index in [4.69, 9.17) is 0 Å². The van der Waals surface area contributed by atoms with Crippen molar-refractivity contribution in [1.82, 2.24) is 0 Å². The van der Waals surface area contributed by atoms with E-state index in [2.05, 4.69) is 6.07 Å². The van der Waals surface area contributed by atoms with Crippen LogP contribution in [0.1, 0.15) is 27.0 Å². The smallest absolute Gasteiger partial charge is 0.194 e. The van der Waals surface area contributed by atoms with Crippen LogP contribution in [-0.4, -0.2) is 12.0 Å². The molecule has 0 aliphatic carbocycles. The first-order chi connectivity index (χ1) is 8.61. The summed E-state index contributed by atoms with van der Waals surface area (Å²) in [6.07, 6.45) is 1.99. The third kappa shape index (κ3) is 2.65. The number of hydrogen-bond donors (Lipinski definition) is 0. The molecule has 0 bridgehead atoms. The van der Waals surface area contributed by atoms with Crippen molar-refractivity contribution < 1.29 is 4.79 Å². The maximum atomic E-state index is 12.5. The zero-order valence-electron chi connectivity index (χ0n) is 10.9. The van der Waals surface area contributed by atoms with Crippen molar-refractivity contribution in [2.45, 2.75) is 18.7 Å². The van der Waals surface area contributed by atoms with E-state index >= 15 is 0 Å². The van der Waals surface area contributed by atoms with E-state index < -0.39 is 0 Å². The molecule has 0 unspecified atom stereocenters. The number of carbonyl (C=O) groups is 1. The maximum absolute atomic E-state index is 12.5. The number of hydrogen-bond acceptors (Lipinski definition) is 2. The van der Waals surface area contributed by atoms with Crippen LogP contribution in [0.15, 0.2) is 47.4 Å². The van der Waals surface area contributed by atoms with Gasteiger partial charge in [-0.25, -0.2) is 0 Å². The van der Waals surface area contributed by atoms with Crippen molar-refractivity contribution in [3.05, 3.63) is 64.7 Å². The van der Waals surface area contributed by atoms with E-state index in [0.717, 1.165) is 27.1 Å². The molecule has 2 rings (SSSR count). The summed E-state index contributed by atoms with van der Waals surface area (Å²) in [5, 5.41) is 0. The molecular formula is C16H16OS. The van der Waals surface area contributed by atoms with Crippen LogP contribution < -0.4 is 0 Å². The van der Waals surface area contributed by atoms with Crippen molar-refractivity contribution in [1.29, 1.82) is 0 Å². The van der Waals surface area contributed by atoms with Crippen LogP contribution in [0.25, 0.3) is 0 Å². The average molecular weight is 256 g/mol. The van der Waals surface area contributed by atoms with Gasteiger partial charge in [-0.1, -0.05) is 29.3 Å². The Morgan fingerprint density at radius 1 is 1.00 bits per heavy atom. The van der Waals surface area contributed by atoms with Gasteiger partial charge in [0.15, 0.2) is 5.78 Å². The van der Waals surface area contributed by atoms with Crippen molar-refractivity contribution in [2.75, 3.05) is 6.26 Å². The first-order valence-electron chi connectivity index (χ1n) is 5.88. The highest BCUT2D eigenvalue weighted by atomic mass is 32.2. The highest BCUT2D eigenvalue weighted by Gasteiger charge is 2.13. The fourth-order valence-electron chi connectivity index (χ4n) is 2.09. The minimum Gasteiger partial charge on any atom is -0.289 e. The molecule has 2 heteroatoms. The zero-order chi connectivity index (χ0) is 13.1. The average Bonchev–Trinajstić information content (AvgIpc) is 2.36. The molecule has 0 saturated carbocycles. The molecule has 2 aromatic rings.